The number of nitrogens with zero attached hydrogens (tertiary/aromatic N) is 1. The van der Waals surface area contributed by atoms with Crippen molar-refractivity contribution in [2.45, 2.75) is 44.3 Å². The lowest BCUT2D eigenvalue weighted by molar-refractivity contribution is -0.308. The molecular formula is C17H22F3N2O3-. The summed E-state index contributed by atoms with van der Waals surface area (Å²) < 4.78 is 44.8. The summed E-state index contributed by atoms with van der Waals surface area (Å²) in [6, 6.07) is 4.28. The summed E-state index contributed by atoms with van der Waals surface area (Å²) in [6.45, 7) is 3.90. The molecule has 2 N–H and O–H groups in total. The van der Waals surface area contributed by atoms with Crippen LogP contribution in [0.1, 0.15) is 37.7 Å². The summed E-state index contributed by atoms with van der Waals surface area (Å²) in [7, 11) is 0. The SMILES string of the molecule is CCN(c1ccc([C@H](CC(=O)[O-])C(F)(F)F)cc1N)C1CCOCC1. The third-order valence-electron chi connectivity index (χ3n) is 4.50. The normalized spacial score (nSPS) is 17.3. The van der Waals surface area contributed by atoms with E-state index in [1.807, 2.05) is 6.92 Å². The number of alkyl halides is 3. The molecule has 0 aromatic heterocycles. The fourth-order valence-electron chi connectivity index (χ4n) is 3.26. The van der Waals surface area contributed by atoms with Crippen molar-refractivity contribution < 1.29 is 27.8 Å². The van der Waals surface area contributed by atoms with Crippen molar-refractivity contribution in [3.05, 3.63) is 23.8 Å². The van der Waals surface area contributed by atoms with Gasteiger partial charge < -0.3 is 25.3 Å². The van der Waals surface area contributed by atoms with Crippen molar-refractivity contribution in [3.63, 3.8) is 0 Å². The highest BCUT2D eigenvalue weighted by atomic mass is 19.4. The lowest BCUT2D eigenvalue weighted by Gasteiger charge is -2.36. The standard InChI is InChI=1S/C17H23F3N2O3/c1-2-22(12-5-7-25-8-6-12)15-4-3-11(9-14(15)21)13(10-16(23)24)17(18,19)20/h3-4,9,12-13H,2,5-8,10,21H2,1H3,(H,23,24)/p-1/t13-/m0/s1. The second kappa shape index (κ2) is 7.95. The molecule has 1 aromatic carbocycles. The number of carboxylic acid groups (broad SMARTS) is 1. The first-order valence-electron chi connectivity index (χ1n) is 8.24. The van der Waals surface area contributed by atoms with Crippen LogP contribution in [0.3, 0.4) is 0 Å². The van der Waals surface area contributed by atoms with Gasteiger partial charge in [-0.05, 0) is 37.5 Å². The first-order valence-corrected chi connectivity index (χ1v) is 8.24. The predicted octanol–water partition coefficient (Wildman–Crippen LogP) is 2.06. The molecule has 5 nitrogen and oxygen atoms in total. The Hall–Kier alpha value is -1.96. The Labute approximate surface area is 144 Å². The van der Waals surface area contributed by atoms with E-state index in [9.17, 15) is 23.1 Å². The average molecular weight is 359 g/mol. The minimum Gasteiger partial charge on any atom is -0.550 e. The van der Waals surface area contributed by atoms with E-state index in [-0.39, 0.29) is 17.3 Å². The molecule has 0 aliphatic carbocycles. The molecule has 1 aromatic rings. The van der Waals surface area contributed by atoms with Gasteiger partial charge in [-0.25, -0.2) is 0 Å². The Morgan fingerprint density at radius 1 is 1.40 bits per heavy atom. The average Bonchev–Trinajstić information content (AvgIpc) is 2.54. The fraction of sp³-hybridized carbons (Fsp3) is 0.588. The van der Waals surface area contributed by atoms with E-state index in [1.54, 1.807) is 0 Å². The van der Waals surface area contributed by atoms with Gasteiger partial charge in [0.1, 0.15) is 0 Å². The van der Waals surface area contributed by atoms with Crippen molar-refractivity contribution in [2.75, 3.05) is 30.4 Å². The van der Waals surface area contributed by atoms with Crippen molar-refractivity contribution in [2.24, 2.45) is 0 Å². The molecule has 2 rings (SSSR count). The number of hydrogen-bond donors (Lipinski definition) is 1. The molecule has 140 valence electrons. The molecular weight excluding hydrogens is 337 g/mol. The van der Waals surface area contributed by atoms with Crippen LogP contribution < -0.4 is 15.7 Å². The fourth-order valence-corrected chi connectivity index (χ4v) is 3.26. The number of carbonyl (C=O) groups excluding carboxylic acids is 1. The van der Waals surface area contributed by atoms with Crippen LogP contribution in [0.25, 0.3) is 0 Å². The molecule has 0 unspecified atom stereocenters. The van der Waals surface area contributed by atoms with E-state index in [2.05, 4.69) is 4.90 Å². The van der Waals surface area contributed by atoms with E-state index in [0.29, 0.717) is 25.4 Å². The Morgan fingerprint density at radius 2 is 2.04 bits per heavy atom. The van der Waals surface area contributed by atoms with Gasteiger partial charge in [-0.15, -0.1) is 0 Å². The van der Waals surface area contributed by atoms with Gasteiger partial charge in [-0.2, -0.15) is 13.2 Å². The zero-order valence-electron chi connectivity index (χ0n) is 14.0. The minimum atomic E-state index is -4.68. The van der Waals surface area contributed by atoms with Crippen molar-refractivity contribution in [3.8, 4) is 0 Å². The monoisotopic (exact) mass is 359 g/mol. The Kier molecular flexibility index (Phi) is 6.16. The topological polar surface area (TPSA) is 78.6 Å². The zero-order chi connectivity index (χ0) is 18.6. The largest absolute Gasteiger partial charge is 0.550 e. The Bertz CT molecular complexity index is 601. The number of ether oxygens (including phenoxy) is 1. The summed E-state index contributed by atoms with van der Waals surface area (Å²) in [5, 5.41) is 10.7. The number of rotatable bonds is 6. The van der Waals surface area contributed by atoms with E-state index < -0.39 is 24.5 Å². The van der Waals surface area contributed by atoms with Crippen LogP contribution in [-0.4, -0.2) is 37.9 Å². The molecule has 1 fully saturated rings. The Morgan fingerprint density at radius 3 is 2.52 bits per heavy atom. The van der Waals surface area contributed by atoms with Crippen LogP contribution >= 0.6 is 0 Å². The summed E-state index contributed by atoms with van der Waals surface area (Å²) in [6.07, 6.45) is -4.16. The number of aliphatic carboxylic acids is 1. The van der Waals surface area contributed by atoms with E-state index >= 15 is 0 Å². The lowest BCUT2D eigenvalue weighted by atomic mass is 9.94. The number of anilines is 2. The first-order chi connectivity index (χ1) is 11.7. The smallest absolute Gasteiger partial charge is 0.396 e. The van der Waals surface area contributed by atoms with Crippen LogP contribution in [0.4, 0.5) is 24.5 Å². The van der Waals surface area contributed by atoms with E-state index in [1.165, 1.54) is 18.2 Å². The van der Waals surface area contributed by atoms with Gasteiger partial charge in [-0.1, -0.05) is 6.07 Å². The number of nitrogens with two attached hydrogens (primary N) is 1. The molecule has 1 aliphatic heterocycles. The molecule has 1 heterocycles. The maximum Gasteiger partial charge on any atom is 0.396 e. The number of benzene rings is 1. The van der Waals surface area contributed by atoms with Crippen molar-refractivity contribution in [1.82, 2.24) is 0 Å². The van der Waals surface area contributed by atoms with Gasteiger partial charge in [0.25, 0.3) is 0 Å². The van der Waals surface area contributed by atoms with E-state index in [4.69, 9.17) is 10.5 Å². The molecule has 25 heavy (non-hydrogen) atoms. The molecule has 0 saturated carbocycles. The van der Waals surface area contributed by atoms with Gasteiger partial charge in [-0.3, -0.25) is 0 Å². The predicted molar refractivity (Wildman–Crippen MR) is 86.1 cm³/mol. The molecule has 0 bridgehead atoms. The number of hydrogen-bond acceptors (Lipinski definition) is 5. The van der Waals surface area contributed by atoms with Gasteiger partial charge in [0.2, 0.25) is 0 Å². The van der Waals surface area contributed by atoms with Crippen molar-refractivity contribution in [1.29, 1.82) is 0 Å². The molecule has 1 saturated heterocycles. The van der Waals surface area contributed by atoms with E-state index in [0.717, 1.165) is 12.8 Å². The zero-order valence-corrected chi connectivity index (χ0v) is 14.0. The highest BCUT2D eigenvalue weighted by Crippen LogP contribution is 2.39. The summed E-state index contributed by atoms with van der Waals surface area (Å²) in [5.41, 5.74) is 6.71. The summed E-state index contributed by atoms with van der Waals surface area (Å²) >= 11 is 0. The molecule has 0 radical (unpaired) electrons. The highest BCUT2D eigenvalue weighted by Gasteiger charge is 2.40. The van der Waals surface area contributed by atoms with Crippen LogP contribution in [0.15, 0.2) is 18.2 Å². The summed E-state index contributed by atoms with van der Waals surface area (Å²) in [5.74, 6) is -3.88. The van der Waals surface area contributed by atoms with Crippen LogP contribution in [-0.2, 0) is 9.53 Å². The van der Waals surface area contributed by atoms with Gasteiger partial charge >= 0.3 is 6.18 Å². The van der Waals surface area contributed by atoms with Crippen LogP contribution in [0, 0.1) is 0 Å². The third kappa shape index (κ3) is 4.78. The first kappa shape index (κ1) is 19.4. The number of carboxylic acids is 1. The van der Waals surface area contributed by atoms with Gasteiger partial charge in [0, 0.05) is 38.2 Å². The van der Waals surface area contributed by atoms with Gasteiger partial charge in [0.15, 0.2) is 0 Å². The van der Waals surface area contributed by atoms with Crippen LogP contribution in [0.5, 0.6) is 0 Å². The number of carbonyl (C=O) groups is 1. The number of nitrogen functional groups attached to an aromatic ring is 1. The van der Waals surface area contributed by atoms with Crippen molar-refractivity contribution >= 4 is 17.3 Å². The molecule has 1 aliphatic rings. The second-order valence-corrected chi connectivity index (χ2v) is 6.12. The molecule has 8 heteroatoms. The third-order valence-corrected chi connectivity index (χ3v) is 4.50. The van der Waals surface area contributed by atoms with Gasteiger partial charge in [0.05, 0.1) is 17.3 Å². The number of halogens is 3. The molecule has 0 spiro atoms. The Balaban J connectivity index is 2.30. The maximum absolute atomic E-state index is 13.2. The highest BCUT2D eigenvalue weighted by molar-refractivity contribution is 5.70. The second-order valence-electron chi connectivity index (χ2n) is 6.12. The lowest BCUT2D eigenvalue weighted by Crippen LogP contribution is -2.39. The maximum atomic E-state index is 13.2. The summed E-state index contributed by atoms with van der Waals surface area (Å²) in [4.78, 5) is 12.7. The molecule has 1 atom stereocenters. The van der Waals surface area contributed by atoms with Crippen LogP contribution in [0.2, 0.25) is 0 Å². The molecule has 0 amide bonds. The minimum absolute atomic E-state index is 0.166. The quantitative estimate of drug-likeness (QED) is 0.787.